The summed E-state index contributed by atoms with van der Waals surface area (Å²) in [5.74, 6) is -0.493. The minimum Gasteiger partial charge on any atom is -0.481 e. The third-order valence-corrected chi connectivity index (χ3v) is 4.56. The van der Waals surface area contributed by atoms with Crippen LogP contribution in [0.15, 0.2) is 0 Å². The molecule has 0 spiro atoms. The summed E-state index contributed by atoms with van der Waals surface area (Å²) in [6.07, 6.45) is 6.36. The van der Waals surface area contributed by atoms with Crippen molar-refractivity contribution in [1.82, 2.24) is 5.32 Å². The Hall–Kier alpha value is -0.910. The first-order valence-corrected chi connectivity index (χ1v) is 8.49. The van der Waals surface area contributed by atoms with E-state index in [0.717, 1.165) is 19.3 Å². The fourth-order valence-electron chi connectivity index (χ4n) is 2.57. The molecule has 0 aromatic carbocycles. The highest BCUT2D eigenvalue weighted by atomic mass is 32.2. The van der Waals surface area contributed by atoms with Crippen LogP contribution >= 0.6 is 0 Å². The van der Waals surface area contributed by atoms with Crippen molar-refractivity contribution in [3.8, 4) is 0 Å². The summed E-state index contributed by atoms with van der Waals surface area (Å²) < 4.78 is 10.9. The molecule has 110 valence electrons. The van der Waals surface area contributed by atoms with Gasteiger partial charge >= 0.3 is 5.97 Å². The van der Waals surface area contributed by atoms with Crippen molar-refractivity contribution >= 4 is 22.7 Å². The van der Waals surface area contributed by atoms with Crippen molar-refractivity contribution in [2.75, 3.05) is 18.6 Å². The number of rotatable bonds is 7. The highest BCUT2D eigenvalue weighted by molar-refractivity contribution is 7.84. The van der Waals surface area contributed by atoms with E-state index in [-0.39, 0.29) is 12.3 Å². The Balaban J connectivity index is 2.39. The Morgan fingerprint density at radius 1 is 1.26 bits per heavy atom. The second kappa shape index (κ2) is 7.62. The van der Waals surface area contributed by atoms with Crippen LogP contribution in [0, 0.1) is 5.41 Å². The standard InChI is InChI=1S/C13H23NO4S/c1-19(18)9-5-8-14-11(15)10-13(12(16)17)6-3-2-4-7-13/h2-10H2,1H3,(H,14,15)(H,16,17). The molecule has 1 unspecified atom stereocenters. The molecular weight excluding hydrogens is 266 g/mol. The van der Waals surface area contributed by atoms with E-state index < -0.39 is 22.2 Å². The highest BCUT2D eigenvalue weighted by Gasteiger charge is 2.41. The van der Waals surface area contributed by atoms with Crippen LogP contribution in [0.1, 0.15) is 44.9 Å². The molecule has 0 aromatic heterocycles. The van der Waals surface area contributed by atoms with Crippen LogP contribution in [0.25, 0.3) is 0 Å². The minimum atomic E-state index is -0.865. The molecule has 0 heterocycles. The molecule has 1 rings (SSSR count). The third-order valence-electron chi connectivity index (χ3n) is 3.69. The van der Waals surface area contributed by atoms with Crippen LogP contribution in [0.3, 0.4) is 0 Å². The monoisotopic (exact) mass is 289 g/mol. The molecule has 0 saturated heterocycles. The zero-order valence-corrected chi connectivity index (χ0v) is 12.3. The molecular formula is C13H23NO4S. The number of hydrogen-bond acceptors (Lipinski definition) is 3. The van der Waals surface area contributed by atoms with Gasteiger partial charge in [-0.2, -0.15) is 0 Å². The maximum absolute atomic E-state index is 11.8. The Bertz CT molecular complexity index is 351. The Labute approximate surface area is 116 Å². The molecule has 6 heteroatoms. The lowest BCUT2D eigenvalue weighted by molar-refractivity contribution is -0.154. The third kappa shape index (κ3) is 5.30. The lowest BCUT2D eigenvalue weighted by Gasteiger charge is -2.32. The van der Waals surface area contributed by atoms with Crippen molar-refractivity contribution < 1.29 is 18.9 Å². The lowest BCUT2D eigenvalue weighted by atomic mass is 9.71. The molecule has 0 bridgehead atoms. The molecule has 1 saturated carbocycles. The van der Waals surface area contributed by atoms with Crippen LogP contribution in [-0.4, -0.2) is 39.7 Å². The number of nitrogens with one attached hydrogen (secondary N) is 1. The Kier molecular flexibility index (Phi) is 6.48. The van der Waals surface area contributed by atoms with Gasteiger partial charge in [0.15, 0.2) is 0 Å². The van der Waals surface area contributed by atoms with Crippen LogP contribution < -0.4 is 5.32 Å². The quantitative estimate of drug-likeness (QED) is 0.692. The molecule has 1 fully saturated rings. The summed E-state index contributed by atoms with van der Waals surface area (Å²) in [4.78, 5) is 23.2. The molecule has 19 heavy (non-hydrogen) atoms. The number of hydrogen-bond donors (Lipinski definition) is 2. The van der Waals surface area contributed by atoms with Gasteiger partial charge in [-0.3, -0.25) is 13.8 Å². The largest absolute Gasteiger partial charge is 0.481 e. The number of aliphatic carboxylic acids is 1. The van der Waals surface area contributed by atoms with Gasteiger partial charge in [-0.1, -0.05) is 19.3 Å². The molecule has 0 aromatic rings. The Morgan fingerprint density at radius 2 is 1.89 bits per heavy atom. The van der Waals surface area contributed by atoms with Gasteiger partial charge in [0.05, 0.1) is 5.41 Å². The van der Waals surface area contributed by atoms with E-state index in [2.05, 4.69) is 5.32 Å². The number of carbonyl (C=O) groups is 2. The van der Waals surface area contributed by atoms with Crippen molar-refractivity contribution in [1.29, 1.82) is 0 Å². The van der Waals surface area contributed by atoms with Gasteiger partial charge in [-0.15, -0.1) is 0 Å². The molecule has 2 N–H and O–H groups in total. The second-order valence-corrected chi connectivity index (χ2v) is 6.86. The average molecular weight is 289 g/mol. The molecule has 1 amide bonds. The summed E-state index contributed by atoms with van der Waals surface area (Å²) >= 11 is 0. The normalized spacial score (nSPS) is 19.6. The van der Waals surface area contributed by atoms with E-state index in [4.69, 9.17) is 0 Å². The van der Waals surface area contributed by atoms with E-state index in [0.29, 0.717) is 31.6 Å². The highest BCUT2D eigenvalue weighted by Crippen LogP contribution is 2.39. The number of carbonyl (C=O) groups excluding carboxylic acids is 1. The Morgan fingerprint density at radius 3 is 2.42 bits per heavy atom. The van der Waals surface area contributed by atoms with E-state index >= 15 is 0 Å². The van der Waals surface area contributed by atoms with Crippen molar-refractivity contribution in [2.45, 2.75) is 44.9 Å². The van der Waals surface area contributed by atoms with Gasteiger partial charge in [0.2, 0.25) is 5.91 Å². The van der Waals surface area contributed by atoms with Crippen LogP contribution in [0.4, 0.5) is 0 Å². The predicted octanol–water partition coefficient (Wildman–Crippen LogP) is 1.30. The van der Waals surface area contributed by atoms with Gasteiger partial charge in [-0.25, -0.2) is 0 Å². The van der Waals surface area contributed by atoms with Crippen LogP contribution in [-0.2, 0) is 20.4 Å². The van der Waals surface area contributed by atoms with Gasteiger partial charge < -0.3 is 10.4 Å². The fourth-order valence-corrected chi connectivity index (χ4v) is 3.12. The zero-order chi connectivity index (χ0) is 14.3. The number of amides is 1. The molecule has 0 aliphatic heterocycles. The predicted molar refractivity (Wildman–Crippen MR) is 74.3 cm³/mol. The number of carboxylic acids is 1. The molecule has 1 aliphatic carbocycles. The number of carboxylic acid groups (broad SMARTS) is 1. The smallest absolute Gasteiger partial charge is 0.310 e. The first kappa shape index (κ1) is 16.1. The van der Waals surface area contributed by atoms with E-state index in [1.165, 1.54) is 0 Å². The summed E-state index contributed by atoms with van der Waals surface area (Å²) in [5.41, 5.74) is -0.865. The maximum atomic E-state index is 11.8. The lowest BCUT2D eigenvalue weighted by Crippen LogP contribution is -2.39. The van der Waals surface area contributed by atoms with Gasteiger partial charge in [-0.05, 0) is 19.3 Å². The van der Waals surface area contributed by atoms with Gasteiger partial charge in [0.25, 0.3) is 0 Å². The second-order valence-electron chi connectivity index (χ2n) is 5.30. The van der Waals surface area contributed by atoms with Gasteiger partial charge in [0, 0.05) is 35.8 Å². The van der Waals surface area contributed by atoms with Crippen molar-refractivity contribution in [3.63, 3.8) is 0 Å². The summed E-state index contributed by atoms with van der Waals surface area (Å²) in [7, 11) is -0.848. The van der Waals surface area contributed by atoms with Gasteiger partial charge in [0.1, 0.15) is 0 Å². The van der Waals surface area contributed by atoms with E-state index in [1.807, 2.05) is 0 Å². The molecule has 1 atom stereocenters. The topological polar surface area (TPSA) is 83.5 Å². The average Bonchev–Trinajstić information content (AvgIpc) is 2.35. The maximum Gasteiger partial charge on any atom is 0.310 e. The molecule has 5 nitrogen and oxygen atoms in total. The first-order valence-electron chi connectivity index (χ1n) is 6.76. The van der Waals surface area contributed by atoms with Crippen LogP contribution in [0.5, 0.6) is 0 Å². The summed E-state index contributed by atoms with van der Waals surface area (Å²) in [5, 5.41) is 12.1. The SMILES string of the molecule is CS(=O)CCCNC(=O)CC1(C(=O)O)CCCCC1. The van der Waals surface area contributed by atoms with Crippen LogP contribution in [0.2, 0.25) is 0 Å². The van der Waals surface area contributed by atoms with E-state index in [9.17, 15) is 18.9 Å². The summed E-state index contributed by atoms with van der Waals surface area (Å²) in [6.45, 7) is 0.466. The molecule has 1 aliphatic rings. The van der Waals surface area contributed by atoms with Crippen molar-refractivity contribution in [3.05, 3.63) is 0 Å². The fraction of sp³-hybridized carbons (Fsp3) is 0.846. The zero-order valence-electron chi connectivity index (χ0n) is 11.4. The summed E-state index contributed by atoms with van der Waals surface area (Å²) in [6, 6.07) is 0. The van der Waals surface area contributed by atoms with E-state index in [1.54, 1.807) is 6.26 Å². The van der Waals surface area contributed by atoms with Crippen molar-refractivity contribution in [2.24, 2.45) is 5.41 Å². The molecule has 0 radical (unpaired) electrons. The first-order chi connectivity index (χ1) is 8.96. The minimum absolute atomic E-state index is 0.0670.